The van der Waals surface area contributed by atoms with Crippen molar-refractivity contribution in [3.63, 3.8) is 0 Å². The van der Waals surface area contributed by atoms with Crippen molar-refractivity contribution >= 4 is 6.03 Å². The molecule has 1 saturated heterocycles. The van der Waals surface area contributed by atoms with Crippen LogP contribution in [0.1, 0.15) is 25.5 Å². The van der Waals surface area contributed by atoms with Crippen LogP contribution in [-0.4, -0.2) is 49.1 Å². The summed E-state index contributed by atoms with van der Waals surface area (Å²) in [5.74, 6) is 0.207. The highest BCUT2D eigenvalue weighted by Gasteiger charge is 2.28. The molecule has 1 aromatic carbocycles. The lowest BCUT2D eigenvalue weighted by Crippen LogP contribution is -2.52. The van der Waals surface area contributed by atoms with Crippen LogP contribution in [0.5, 0.6) is 0 Å². The fourth-order valence-electron chi connectivity index (χ4n) is 2.51. The topological polar surface area (TPSA) is 35.6 Å². The average Bonchev–Trinajstić information content (AvgIpc) is 2.46. The first-order valence-electron chi connectivity index (χ1n) is 7.46. The van der Waals surface area contributed by atoms with E-state index in [1.807, 2.05) is 11.9 Å². The van der Waals surface area contributed by atoms with Crippen LogP contribution in [-0.2, 0) is 0 Å². The van der Waals surface area contributed by atoms with E-state index in [9.17, 15) is 9.18 Å². The maximum Gasteiger partial charge on any atom is 0.317 e. The minimum Gasteiger partial charge on any atom is -0.338 e. The van der Waals surface area contributed by atoms with Crippen LogP contribution in [0.4, 0.5) is 9.18 Å². The van der Waals surface area contributed by atoms with Gasteiger partial charge in [0.2, 0.25) is 0 Å². The Balaban J connectivity index is 2.02. The summed E-state index contributed by atoms with van der Waals surface area (Å²) >= 11 is 0. The number of carbonyl (C=O) groups excluding carboxylic acids is 1. The summed E-state index contributed by atoms with van der Waals surface area (Å²) in [7, 11) is 2.04. The van der Waals surface area contributed by atoms with E-state index in [1.54, 1.807) is 12.1 Å². The second-order valence-corrected chi connectivity index (χ2v) is 6.07. The van der Waals surface area contributed by atoms with Crippen molar-refractivity contribution in [2.75, 3.05) is 33.2 Å². The molecule has 1 aromatic rings. The number of hydrogen-bond donors (Lipinski definition) is 1. The SMILES string of the molecule is CC(C)CNC(=O)N1CCN(C)C(c2ccc(F)cc2)C1. The lowest BCUT2D eigenvalue weighted by Gasteiger charge is -2.39. The second kappa shape index (κ2) is 6.89. The minimum atomic E-state index is -0.233. The maximum absolute atomic E-state index is 13.0. The number of hydrogen-bond acceptors (Lipinski definition) is 2. The number of urea groups is 1. The predicted octanol–water partition coefficient (Wildman–Crippen LogP) is 2.48. The highest BCUT2D eigenvalue weighted by Crippen LogP contribution is 2.24. The number of halogens is 1. The summed E-state index contributed by atoms with van der Waals surface area (Å²) in [6.07, 6.45) is 0. The van der Waals surface area contributed by atoms with Gasteiger partial charge in [-0.3, -0.25) is 4.90 Å². The Labute approximate surface area is 125 Å². The quantitative estimate of drug-likeness (QED) is 0.929. The molecule has 1 aliphatic rings. The van der Waals surface area contributed by atoms with Gasteiger partial charge in [-0.05, 0) is 30.7 Å². The zero-order valence-corrected chi connectivity index (χ0v) is 13.0. The van der Waals surface area contributed by atoms with Gasteiger partial charge >= 0.3 is 6.03 Å². The smallest absolute Gasteiger partial charge is 0.317 e. The summed E-state index contributed by atoms with van der Waals surface area (Å²) < 4.78 is 13.0. The zero-order chi connectivity index (χ0) is 15.4. The molecular weight excluding hydrogens is 269 g/mol. The van der Waals surface area contributed by atoms with E-state index in [-0.39, 0.29) is 17.9 Å². The number of rotatable bonds is 3. The average molecular weight is 293 g/mol. The molecular formula is C16H24FN3O. The Hall–Kier alpha value is -1.62. The molecule has 0 bridgehead atoms. The lowest BCUT2D eigenvalue weighted by atomic mass is 10.0. The van der Waals surface area contributed by atoms with Gasteiger partial charge in [0, 0.05) is 26.2 Å². The van der Waals surface area contributed by atoms with Gasteiger partial charge in [0.1, 0.15) is 5.82 Å². The summed E-state index contributed by atoms with van der Waals surface area (Å²) in [5, 5.41) is 2.96. The van der Waals surface area contributed by atoms with Gasteiger partial charge in [-0.2, -0.15) is 0 Å². The Morgan fingerprint density at radius 2 is 2.00 bits per heavy atom. The van der Waals surface area contributed by atoms with Crippen molar-refractivity contribution in [3.05, 3.63) is 35.6 Å². The first-order chi connectivity index (χ1) is 9.97. The maximum atomic E-state index is 13.0. The molecule has 0 aliphatic carbocycles. The van der Waals surface area contributed by atoms with Gasteiger partial charge in [0.05, 0.1) is 6.04 Å². The van der Waals surface area contributed by atoms with Crippen LogP contribution in [0.2, 0.25) is 0 Å². The van der Waals surface area contributed by atoms with E-state index >= 15 is 0 Å². The number of nitrogens with one attached hydrogen (secondary N) is 1. The Morgan fingerprint density at radius 3 is 2.62 bits per heavy atom. The van der Waals surface area contributed by atoms with Crippen LogP contribution in [0.15, 0.2) is 24.3 Å². The minimum absolute atomic E-state index is 0.0103. The van der Waals surface area contributed by atoms with Gasteiger partial charge in [-0.15, -0.1) is 0 Å². The molecule has 21 heavy (non-hydrogen) atoms. The summed E-state index contributed by atoms with van der Waals surface area (Å²) in [6.45, 7) is 7.00. The molecule has 1 heterocycles. The first-order valence-corrected chi connectivity index (χ1v) is 7.46. The Morgan fingerprint density at radius 1 is 1.33 bits per heavy atom. The molecule has 1 atom stereocenters. The van der Waals surface area contributed by atoms with Gasteiger partial charge in [0.15, 0.2) is 0 Å². The number of piperazine rings is 1. The number of benzene rings is 1. The molecule has 0 radical (unpaired) electrons. The molecule has 1 aliphatic heterocycles. The van der Waals surface area contributed by atoms with Gasteiger partial charge in [0.25, 0.3) is 0 Å². The van der Waals surface area contributed by atoms with Crippen LogP contribution < -0.4 is 5.32 Å². The first kappa shape index (κ1) is 15.8. The Bertz CT molecular complexity index is 475. The van der Waals surface area contributed by atoms with E-state index in [4.69, 9.17) is 0 Å². The molecule has 2 rings (SSSR count). The molecule has 4 nitrogen and oxygen atoms in total. The van der Waals surface area contributed by atoms with Crippen molar-refractivity contribution in [2.45, 2.75) is 19.9 Å². The van der Waals surface area contributed by atoms with E-state index in [2.05, 4.69) is 24.1 Å². The second-order valence-electron chi connectivity index (χ2n) is 6.07. The molecule has 0 spiro atoms. The molecule has 116 valence electrons. The molecule has 5 heteroatoms. The van der Waals surface area contributed by atoms with Crippen molar-refractivity contribution in [1.82, 2.24) is 15.1 Å². The molecule has 0 saturated carbocycles. The van der Waals surface area contributed by atoms with Gasteiger partial charge < -0.3 is 10.2 Å². The summed E-state index contributed by atoms with van der Waals surface area (Å²) in [4.78, 5) is 16.2. The summed E-state index contributed by atoms with van der Waals surface area (Å²) in [6, 6.07) is 6.65. The highest BCUT2D eigenvalue weighted by atomic mass is 19.1. The number of nitrogens with zero attached hydrogens (tertiary/aromatic N) is 2. The standard InChI is InChI=1S/C16H24FN3O/c1-12(2)10-18-16(21)20-9-8-19(3)15(11-20)13-4-6-14(17)7-5-13/h4-7,12,15H,8-11H2,1-3H3,(H,18,21). The molecule has 1 unspecified atom stereocenters. The molecule has 2 amide bonds. The van der Waals surface area contributed by atoms with Crippen LogP contribution >= 0.6 is 0 Å². The van der Waals surface area contributed by atoms with E-state index in [1.165, 1.54) is 12.1 Å². The van der Waals surface area contributed by atoms with Crippen molar-refractivity contribution in [1.29, 1.82) is 0 Å². The van der Waals surface area contributed by atoms with E-state index in [0.29, 0.717) is 19.0 Å². The Kier molecular flexibility index (Phi) is 5.17. The number of carbonyl (C=O) groups is 1. The van der Waals surface area contributed by atoms with Crippen LogP contribution in [0.25, 0.3) is 0 Å². The lowest BCUT2D eigenvalue weighted by molar-refractivity contribution is 0.109. The predicted molar refractivity (Wildman–Crippen MR) is 81.6 cm³/mol. The van der Waals surface area contributed by atoms with Gasteiger partial charge in [-0.25, -0.2) is 9.18 Å². The number of likely N-dealkylation sites (N-methyl/N-ethyl adjacent to an activating group) is 1. The highest BCUT2D eigenvalue weighted by molar-refractivity contribution is 5.74. The molecule has 1 fully saturated rings. The molecule has 0 aromatic heterocycles. The largest absolute Gasteiger partial charge is 0.338 e. The third-order valence-corrected chi connectivity index (χ3v) is 3.85. The molecule has 1 N–H and O–H groups in total. The van der Waals surface area contributed by atoms with E-state index in [0.717, 1.165) is 18.7 Å². The number of amides is 2. The zero-order valence-electron chi connectivity index (χ0n) is 13.0. The summed E-state index contributed by atoms with van der Waals surface area (Å²) in [5.41, 5.74) is 1.04. The van der Waals surface area contributed by atoms with Crippen molar-refractivity contribution in [2.24, 2.45) is 5.92 Å². The fraction of sp³-hybridized carbons (Fsp3) is 0.562. The third kappa shape index (κ3) is 4.17. The van der Waals surface area contributed by atoms with Gasteiger partial charge in [-0.1, -0.05) is 26.0 Å². The van der Waals surface area contributed by atoms with Crippen molar-refractivity contribution in [3.8, 4) is 0 Å². The van der Waals surface area contributed by atoms with Crippen LogP contribution in [0, 0.1) is 11.7 Å². The van der Waals surface area contributed by atoms with E-state index < -0.39 is 0 Å². The fourth-order valence-corrected chi connectivity index (χ4v) is 2.51. The van der Waals surface area contributed by atoms with Crippen LogP contribution in [0.3, 0.4) is 0 Å². The third-order valence-electron chi connectivity index (χ3n) is 3.85. The van der Waals surface area contributed by atoms with Crippen molar-refractivity contribution < 1.29 is 9.18 Å². The normalized spacial score (nSPS) is 19.9. The monoisotopic (exact) mass is 293 g/mol.